The van der Waals surface area contributed by atoms with Crippen molar-refractivity contribution in [3.8, 4) is 0 Å². The van der Waals surface area contributed by atoms with E-state index in [1.54, 1.807) is 24.3 Å². The lowest BCUT2D eigenvalue weighted by Crippen LogP contribution is -2.26. The maximum atomic E-state index is 12.9. The fourth-order valence-corrected chi connectivity index (χ4v) is 3.59. The number of hydrogen-bond donors (Lipinski definition) is 0. The lowest BCUT2D eigenvalue weighted by atomic mass is 9.91. The predicted octanol–water partition coefficient (Wildman–Crippen LogP) is 5.16. The van der Waals surface area contributed by atoms with Gasteiger partial charge in [0.15, 0.2) is 11.6 Å². The van der Waals surface area contributed by atoms with Crippen LogP contribution in [0.1, 0.15) is 20.7 Å². The van der Waals surface area contributed by atoms with E-state index in [0.29, 0.717) is 16.9 Å². The van der Waals surface area contributed by atoms with Crippen LogP contribution in [0.25, 0.3) is 0 Å². The normalized spacial score (nSPS) is 10.6. The first-order chi connectivity index (χ1) is 12.3. The van der Waals surface area contributed by atoms with Crippen LogP contribution in [0.4, 0.5) is 0 Å². The highest BCUT2D eigenvalue weighted by molar-refractivity contribution is 7.99. The Morgan fingerprint density at radius 2 is 1.04 bits per heavy atom. The number of carbonyl (C=O) groups is 2. The quantitative estimate of drug-likeness (QED) is 0.337. The van der Waals surface area contributed by atoms with Gasteiger partial charge in [0.05, 0.1) is 5.92 Å². The molecule has 2 nitrogen and oxygen atoms in total. The van der Waals surface area contributed by atoms with Gasteiger partial charge in [-0.3, -0.25) is 9.59 Å². The van der Waals surface area contributed by atoms with Gasteiger partial charge >= 0.3 is 0 Å². The first kappa shape index (κ1) is 17.2. The van der Waals surface area contributed by atoms with Crippen LogP contribution in [-0.2, 0) is 0 Å². The summed E-state index contributed by atoms with van der Waals surface area (Å²) in [6.45, 7) is 0. The highest BCUT2D eigenvalue weighted by Gasteiger charge is 2.28. The molecular formula is C22H18O2S. The smallest absolute Gasteiger partial charge is 0.174 e. The summed E-state index contributed by atoms with van der Waals surface area (Å²) in [5.41, 5.74) is 1.15. The molecule has 0 aliphatic heterocycles. The molecule has 0 fully saturated rings. The van der Waals surface area contributed by atoms with E-state index in [0.717, 1.165) is 4.90 Å². The Hall–Kier alpha value is -2.65. The van der Waals surface area contributed by atoms with Crippen LogP contribution < -0.4 is 0 Å². The molecule has 0 saturated carbocycles. The summed E-state index contributed by atoms with van der Waals surface area (Å²) in [7, 11) is 0. The summed E-state index contributed by atoms with van der Waals surface area (Å²) < 4.78 is 0. The maximum Gasteiger partial charge on any atom is 0.174 e. The largest absolute Gasteiger partial charge is 0.293 e. The molecule has 0 aliphatic rings. The van der Waals surface area contributed by atoms with Crippen LogP contribution in [0, 0.1) is 5.92 Å². The van der Waals surface area contributed by atoms with E-state index in [4.69, 9.17) is 0 Å². The molecule has 0 bridgehead atoms. The van der Waals surface area contributed by atoms with E-state index in [-0.39, 0.29) is 11.6 Å². The van der Waals surface area contributed by atoms with Crippen LogP contribution in [0.15, 0.2) is 95.9 Å². The number of thioether (sulfide) groups is 1. The van der Waals surface area contributed by atoms with Gasteiger partial charge < -0.3 is 0 Å². The summed E-state index contributed by atoms with van der Waals surface area (Å²) >= 11 is 1.53. The number of carbonyl (C=O) groups excluding carboxylic acids is 2. The van der Waals surface area contributed by atoms with Crippen molar-refractivity contribution in [3.05, 3.63) is 102 Å². The minimum atomic E-state index is -0.699. The molecule has 3 aromatic carbocycles. The van der Waals surface area contributed by atoms with E-state index in [1.165, 1.54) is 11.8 Å². The Labute approximate surface area is 151 Å². The molecule has 3 heteroatoms. The Balaban J connectivity index is 1.85. The first-order valence-corrected chi connectivity index (χ1v) is 9.10. The van der Waals surface area contributed by atoms with Crippen molar-refractivity contribution in [2.45, 2.75) is 4.90 Å². The molecule has 0 N–H and O–H groups in total. The zero-order chi connectivity index (χ0) is 17.5. The number of benzene rings is 3. The molecule has 3 rings (SSSR count). The summed E-state index contributed by atoms with van der Waals surface area (Å²) in [5, 5.41) is 0. The van der Waals surface area contributed by atoms with E-state index in [2.05, 4.69) is 0 Å². The van der Waals surface area contributed by atoms with Gasteiger partial charge in [0, 0.05) is 21.8 Å². The predicted molar refractivity (Wildman–Crippen MR) is 102 cm³/mol. The second-order valence-corrected chi connectivity index (χ2v) is 6.73. The van der Waals surface area contributed by atoms with E-state index < -0.39 is 5.92 Å². The monoisotopic (exact) mass is 346 g/mol. The Bertz CT molecular complexity index is 778. The van der Waals surface area contributed by atoms with Crippen molar-refractivity contribution in [3.63, 3.8) is 0 Å². The molecule has 25 heavy (non-hydrogen) atoms. The third-order valence-electron chi connectivity index (χ3n) is 3.91. The van der Waals surface area contributed by atoms with Gasteiger partial charge in [-0.25, -0.2) is 0 Å². The van der Waals surface area contributed by atoms with Gasteiger partial charge in [0.2, 0.25) is 0 Å². The minimum Gasteiger partial charge on any atom is -0.293 e. The average Bonchev–Trinajstić information content (AvgIpc) is 2.70. The van der Waals surface area contributed by atoms with Crippen LogP contribution in [0.2, 0.25) is 0 Å². The SMILES string of the molecule is O=C(c1ccccc1)C(CSc1ccccc1)C(=O)c1ccccc1. The molecule has 0 saturated heterocycles. The van der Waals surface area contributed by atoms with E-state index in [1.807, 2.05) is 66.7 Å². The van der Waals surface area contributed by atoms with Crippen molar-refractivity contribution in [2.75, 3.05) is 5.75 Å². The molecule has 0 aliphatic carbocycles. The van der Waals surface area contributed by atoms with Crippen molar-refractivity contribution in [1.82, 2.24) is 0 Å². The Morgan fingerprint density at radius 1 is 0.640 bits per heavy atom. The number of ketones is 2. The van der Waals surface area contributed by atoms with Gasteiger partial charge in [0.25, 0.3) is 0 Å². The van der Waals surface area contributed by atoms with Crippen LogP contribution in [-0.4, -0.2) is 17.3 Å². The van der Waals surface area contributed by atoms with Crippen molar-refractivity contribution in [2.24, 2.45) is 5.92 Å². The van der Waals surface area contributed by atoms with Gasteiger partial charge in [-0.2, -0.15) is 0 Å². The summed E-state index contributed by atoms with van der Waals surface area (Å²) in [4.78, 5) is 26.9. The molecule has 0 unspecified atom stereocenters. The molecule has 3 aromatic rings. The maximum absolute atomic E-state index is 12.9. The first-order valence-electron chi connectivity index (χ1n) is 8.12. The van der Waals surface area contributed by atoms with E-state index in [9.17, 15) is 9.59 Å². The zero-order valence-corrected chi connectivity index (χ0v) is 14.5. The Morgan fingerprint density at radius 3 is 1.48 bits per heavy atom. The fraction of sp³-hybridized carbons (Fsp3) is 0.0909. The third-order valence-corrected chi connectivity index (χ3v) is 5.01. The van der Waals surface area contributed by atoms with Gasteiger partial charge in [-0.15, -0.1) is 11.8 Å². The van der Waals surface area contributed by atoms with Gasteiger partial charge in [0.1, 0.15) is 0 Å². The van der Waals surface area contributed by atoms with Gasteiger partial charge in [-0.1, -0.05) is 78.9 Å². The topological polar surface area (TPSA) is 34.1 Å². The standard InChI is InChI=1S/C22H18O2S/c23-21(17-10-4-1-5-11-17)20(16-25-19-14-8-3-9-15-19)22(24)18-12-6-2-7-13-18/h1-15,20H,16H2. The zero-order valence-electron chi connectivity index (χ0n) is 13.7. The fourth-order valence-electron chi connectivity index (χ4n) is 2.57. The highest BCUT2D eigenvalue weighted by atomic mass is 32.2. The van der Waals surface area contributed by atoms with E-state index >= 15 is 0 Å². The molecule has 0 heterocycles. The Kier molecular flexibility index (Phi) is 5.81. The minimum absolute atomic E-state index is 0.127. The van der Waals surface area contributed by atoms with Crippen LogP contribution in [0.5, 0.6) is 0 Å². The molecule has 0 spiro atoms. The molecular weight excluding hydrogens is 328 g/mol. The molecule has 124 valence electrons. The van der Waals surface area contributed by atoms with Crippen molar-refractivity contribution < 1.29 is 9.59 Å². The lowest BCUT2D eigenvalue weighted by Gasteiger charge is -2.15. The molecule has 0 amide bonds. The van der Waals surface area contributed by atoms with Crippen molar-refractivity contribution in [1.29, 1.82) is 0 Å². The number of hydrogen-bond acceptors (Lipinski definition) is 3. The lowest BCUT2D eigenvalue weighted by molar-refractivity contribution is 0.0824. The number of rotatable bonds is 7. The molecule has 0 atom stereocenters. The summed E-state index contributed by atoms with van der Waals surface area (Å²) in [5.74, 6) is -0.531. The van der Waals surface area contributed by atoms with Gasteiger partial charge in [-0.05, 0) is 12.1 Å². The second-order valence-electron chi connectivity index (χ2n) is 5.64. The molecule has 0 radical (unpaired) electrons. The van der Waals surface area contributed by atoms with Crippen LogP contribution in [0.3, 0.4) is 0 Å². The summed E-state index contributed by atoms with van der Waals surface area (Å²) in [6, 6.07) is 27.9. The highest BCUT2D eigenvalue weighted by Crippen LogP contribution is 2.25. The van der Waals surface area contributed by atoms with Crippen molar-refractivity contribution >= 4 is 23.3 Å². The second kappa shape index (κ2) is 8.45. The summed E-state index contributed by atoms with van der Waals surface area (Å²) in [6.07, 6.45) is 0. The average molecular weight is 346 g/mol. The van der Waals surface area contributed by atoms with Crippen LogP contribution >= 0.6 is 11.8 Å². The molecule has 0 aromatic heterocycles. The number of Topliss-reactive ketones (excluding diaryl/α,β-unsaturated/α-hetero) is 2. The third kappa shape index (κ3) is 4.46.